The zero-order valence-corrected chi connectivity index (χ0v) is 18.0. The van der Waals surface area contributed by atoms with E-state index < -0.39 is 10.0 Å². The Bertz CT molecular complexity index is 1130. The number of thiophene rings is 1. The lowest BCUT2D eigenvalue weighted by Gasteiger charge is -2.22. The molecule has 3 aromatic rings. The molecule has 1 amide bonds. The van der Waals surface area contributed by atoms with Crippen LogP contribution in [0.2, 0.25) is 5.02 Å². The summed E-state index contributed by atoms with van der Waals surface area (Å²) in [5, 5.41) is 4.07. The first-order valence-electron chi connectivity index (χ1n) is 9.55. The smallest absolute Gasteiger partial charge is 0.267 e. The molecule has 1 saturated carbocycles. The van der Waals surface area contributed by atoms with Crippen LogP contribution in [0.15, 0.2) is 53.4 Å². The second kappa shape index (κ2) is 8.44. The van der Waals surface area contributed by atoms with E-state index in [9.17, 15) is 13.2 Å². The van der Waals surface area contributed by atoms with Crippen molar-refractivity contribution in [1.82, 2.24) is 4.72 Å². The van der Waals surface area contributed by atoms with Gasteiger partial charge in [-0.15, -0.1) is 11.3 Å². The van der Waals surface area contributed by atoms with Crippen LogP contribution in [0.4, 0.5) is 5.69 Å². The summed E-state index contributed by atoms with van der Waals surface area (Å²) in [5.74, 6) is -0.313. The number of halogens is 1. The highest BCUT2D eigenvalue weighted by atomic mass is 35.5. The number of benzene rings is 2. The molecule has 0 unspecified atom stereocenters. The first-order valence-corrected chi connectivity index (χ1v) is 12.2. The van der Waals surface area contributed by atoms with Gasteiger partial charge in [0.15, 0.2) is 0 Å². The van der Waals surface area contributed by atoms with Crippen LogP contribution in [0.1, 0.15) is 41.8 Å². The van der Waals surface area contributed by atoms with Gasteiger partial charge in [-0.05, 0) is 43.2 Å². The van der Waals surface area contributed by atoms with Crippen LogP contribution in [0.25, 0.3) is 10.1 Å². The molecule has 4 rings (SSSR count). The van der Waals surface area contributed by atoms with Crippen molar-refractivity contribution in [3.63, 3.8) is 0 Å². The number of sulfonamides is 1. The molecule has 0 aliphatic heterocycles. The molecule has 1 aliphatic carbocycles. The van der Waals surface area contributed by atoms with Crippen molar-refractivity contribution in [1.29, 1.82) is 0 Å². The van der Waals surface area contributed by atoms with Crippen LogP contribution in [0.3, 0.4) is 0 Å². The fourth-order valence-corrected chi connectivity index (χ4v) is 6.29. The van der Waals surface area contributed by atoms with Crippen LogP contribution in [-0.2, 0) is 10.0 Å². The normalized spacial score (nSPS) is 15.5. The standard InChI is InChI=1S/C21H21ClN2O3S2/c22-19-17-8-4-5-9-18(17)28-20(19)21(25)23-14-10-12-16(13-11-14)29(26,27)24-15-6-2-1-3-7-15/h4-5,8-13,15,24H,1-3,6-7H2,(H,23,25). The van der Waals surface area contributed by atoms with E-state index in [2.05, 4.69) is 10.0 Å². The minimum atomic E-state index is -3.56. The van der Waals surface area contributed by atoms with E-state index in [0.29, 0.717) is 15.6 Å². The summed E-state index contributed by atoms with van der Waals surface area (Å²) in [4.78, 5) is 13.3. The van der Waals surface area contributed by atoms with Crippen molar-refractivity contribution in [3.8, 4) is 0 Å². The Morgan fingerprint density at radius 3 is 2.38 bits per heavy atom. The lowest BCUT2D eigenvalue weighted by Crippen LogP contribution is -2.36. The SMILES string of the molecule is O=C(Nc1ccc(S(=O)(=O)NC2CCCCC2)cc1)c1sc2ccccc2c1Cl. The van der Waals surface area contributed by atoms with E-state index in [1.54, 1.807) is 12.1 Å². The molecule has 1 aliphatic rings. The van der Waals surface area contributed by atoms with Crippen molar-refractivity contribution >= 4 is 54.6 Å². The third kappa shape index (κ3) is 4.48. The highest BCUT2D eigenvalue weighted by Crippen LogP contribution is 2.35. The highest BCUT2D eigenvalue weighted by molar-refractivity contribution is 7.89. The van der Waals surface area contributed by atoms with Gasteiger partial charge in [0.05, 0.1) is 9.92 Å². The molecule has 2 N–H and O–H groups in total. The van der Waals surface area contributed by atoms with E-state index in [0.717, 1.165) is 42.2 Å². The predicted octanol–water partition coefficient (Wildman–Crippen LogP) is 5.42. The minimum Gasteiger partial charge on any atom is -0.321 e. The van der Waals surface area contributed by atoms with Crippen molar-refractivity contribution in [2.45, 2.75) is 43.0 Å². The van der Waals surface area contributed by atoms with Gasteiger partial charge in [-0.2, -0.15) is 0 Å². The molecule has 0 bridgehead atoms. The molecular formula is C21H21ClN2O3S2. The second-order valence-electron chi connectivity index (χ2n) is 7.18. The van der Waals surface area contributed by atoms with E-state index in [4.69, 9.17) is 11.6 Å². The lowest BCUT2D eigenvalue weighted by atomic mass is 9.96. The maximum absolute atomic E-state index is 12.6. The Morgan fingerprint density at radius 2 is 1.69 bits per heavy atom. The molecule has 0 atom stereocenters. The number of nitrogens with one attached hydrogen (secondary N) is 2. The summed E-state index contributed by atoms with van der Waals surface area (Å²) in [7, 11) is -3.56. The fraction of sp³-hybridized carbons (Fsp3) is 0.286. The summed E-state index contributed by atoms with van der Waals surface area (Å²) in [5.41, 5.74) is 0.514. The minimum absolute atomic E-state index is 0.00299. The molecule has 1 heterocycles. The van der Waals surface area contributed by atoms with Gasteiger partial charge < -0.3 is 5.32 Å². The van der Waals surface area contributed by atoms with Gasteiger partial charge in [-0.1, -0.05) is 49.1 Å². The third-order valence-corrected chi connectivity index (χ3v) is 8.30. The van der Waals surface area contributed by atoms with Crippen LogP contribution >= 0.6 is 22.9 Å². The molecule has 0 radical (unpaired) electrons. The van der Waals surface area contributed by atoms with Gasteiger partial charge in [-0.3, -0.25) is 4.79 Å². The van der Waals surface area contributed by atoms with Gasteiger partial charge in [0.1, 0.15) is 4.88 Å². The number of fused-ring (bicyclic) bond motifs is 1. The summed E-state index contributed by atoms with van der Waals surface area (Å²) >= 11 is 7.69. The van der Waals surface area contributed by atoms with E-state index in [-0.39, 0.29) is 16.8 Å². The number of anilines is 1. The maximum Gasteiger partial charge on any atom is 0.267 e. The highest BCUT2D eigenvalue weighted by Gasteiger charge is 2.22. The monoisotopic (exact) mass is 448 g/mol. The molecule has 5 nitrogen and oxygen atoms in total. The van der Waals surface area contributed by atoms with E-state index >= 15 is 0 Å². The summed E-state index contributed by atoms with van der Waals surface area (Å²) < 4.78 is 28.9. The van der Waals surface area contributed by atoms with Gasteiger partial charge in [0, 0.05) is 21.8 Å². The summed E-state index contributed by atoms with van der Waals surface area (Å²) in [6.45, 7) is 0. The number of carbonyl (C=O) groups is 1. The molecule has 29 heavy (non-hydrogen) atoms. The van der Waals surface area contributed by atoms with E-state index in [1.807, 2.05) is 24.3 Å². The van der Waals surface area contributed by atoms with Crippen molar-refractivity contribution < 1.29 is 13.2 Å². The average molecular weight is 449 g/mol. The molecule has 1 fully saturated rings. The van der Waals surface area contributed by atoms with Gasteiger partial charge in [-0.25, -0.2) is 13.1 Å². The van der Waals surface area contributed by atoms with Crippen LogP contribution < -0.4 is 10.0 Å². The first-order chi connectivity index (χ1) is 13.9. The quantitative estimate of drug-likeness (QED) is 0.547. The van der Waals surface area contributed by atoms with Crippen molar-refractivity contribution in [3.05, 3.63) is 58.4 Å². The molecule has 0 spiro atoms. The topological polar surface area (TPSA) is 75.3 Å². The summed E-state index contributed by atoms with van der Waals surface area (Å²) in [6, 6.07) is 13.8. The number of rotatable bonds is 5. The molecule has 0 saturated heterocycles. The second-order valence-corrected chi connectivity index (χ2v) is 10.3. The van der Waals surface area contributed by atoms with Crippen molar-refractivity contribution in [2.75, 3.05) is 5.32 Å². The third-order valence-electron chi connectivity index (χ3n) is 5.09. The number of hydrogen-bond acceptors (Lipinski definition) is 4. The van der Waals surface area contributed by atoms with Gasteiger partial charge in [0.25, 0.3) is 5.91 Å². The maximum atomic E-state index is 12.6. The zero-order chi connectivity index (χ0) is 20.4. The predicted molar refractivity (Wildman–Crippen MR) is 118 cm³/mol. The Kier molecular flexibility index (Phi) is 5.92. The molecule has 152 valence electrons. The molecule has 2 aromatic carbocycles. The average Bonchev–Trinajstić information content (AvgIpc) is 3.06. The fourth-order valence-electron chi connectivity index (χ4n) is 3.57. The largest absolute Gasteiger partial charge is 0.321 e. The van der Waals surface area contributed by atoms with Crippen LogP contribution in [-0.4, -0.2) is 20.4 Å². The molecular weight excluding hydrogens is 428 g/mol. The number of carbonyl (C=O) groups excluding carboxylic acids is 1. The Balaban J connectivity index is 1.47. The van der Waals surface area contributed by atoms with E-state index in [1.165, 1.54) is 23.5 Å². The Morgan fingerprint density at radius 1 is 1.00 bits per heavy atom. The summed E-state index contributed by atoms with van der Waals surface area (Å²) in [6.07, 6.45) is 5.03. The molecule has 1 aromatic heterocycles. The Labute approximate surface area is 179 Å². The van der Waals surface area contributed by atoms with Crippen LogP contribution in [0.5, 0.6) is 0 Å². The van der Waals surface area contributed by atoms with Gasteiger partial charge >= 0.3 is 0 Å². The molecule has 8 heteroatoms. The number of amides is 1. The van der Waals surface area contributed by atoms with Crippen LogP contribution in [0, 0.1) is 0 Å². The first kappa shape index (κ1) is 20.3. The van der Waals surface area contributed by atoms with Crippen molar-refractivity contribution in [2.24, 2.45) is 0 Å². The van der Waals surface area contributed by atoms with Gasteiger partial charge in [0.2, 0.25) is 10.0 Å². The zero-order valence-electron chi connectivity index (χ0n) is 15.7. The number of hydrogen-bond donors (Lipinski definition) is 2. The Hall–Kier alpha value is -1.93. The lowest BCUT2D eigenvalue weighted by molar-refractivity contribution is 0.103.